The summed E-state index contributed by atoms with van der Waals surface area (Å²) in [6.07, 6.45) is 7.98. The van der Waals surface area contributed by atoms with Gasteiger partial charge in [0.2, 0.25) is 0 Å². The van der Waals surface area contributed by atoms with Gasteiger partial charge in [-0.2, -0.15) is 0 Å². The summed E-state index contributed by atoms with van der Waals surface area (Å²) in [6.45, 7) is 2.88. The zero-order valence-electron chi connectivity index (χ0n) is 10.1. The minimum absolute atomic E-state index is 0.0147. The maximum absolute atomic E-state index is 12.0. The Kier molecular flexibility index (Phi) is 3.82. The summed E-state index contributed by atoms with van der Waals surface area (Å²) in [7, 11) is 0. The van der Waals surface area contributed by atoms with E-state index in [1.165, 1.54) is 12.8 Å². The van der Waals surface area contributed by atoms with Gasteiger partial charge < -0.3 is 5.32 Å². The summed E-state index contributed by atoms with van der Waals surface area (Å²) in [5, 5.41) is 3.28. The van der Waals surface area contributed by atoms with Crippen molar-refractivity contribution in [1.82, 2.24) is 10.8 Å². The number of hydroxylamine groups is 1. The molecule has 1 heterocycles. The second-order valence-electron chi connectivity index (χ2n) is 5.17. The van der Waals surface area contributed by atoms with Crippen LogP contribution < -0.4 is 10.8 Å². The number of carbonyl (C=O) groups excluding carboxylic acids is 1. The summed E-state index contributed by atoms with van der Waals surface area (Å²) in [6, 6.07) is 0. The smallest absolute Gasteiger partial charge is 0.263 e. The highest BCUT2D eigenvalue weighted by Gasteiger charge is 2.34. The highest BCUT2D eigenvalue weighted by atomic mass is 16.7. The van der Waals surface area contributed by atoms with Gasteiger partial charge in [0.05, 0.1) is 11.6 Å². The fourth-order valence-corrected chi connectivity index (χ4v) is 2.51. The average molecular weight is 226 g/mol. The summed E-state index contributed by atoms with van der Waals surface area (Å²) >= 11 is 0. The minimum Gasteiger partial charge on any atom is -0.303 e. The second-order valence-corrected chi connectivity index (χ2v) is 5.17. The zero-order valence-corrected chi connectivity index (χ0v) is 10.1. The largest absolute Gasteiger partial charge is 0.303 e. The van der Waals surface area contributed by atoms with E-state index >= 15 is 0 Å². The van der Waals surface area contributed by atoms with E-state index in [-0.39, 0.29) is 12.0 Å². The molecule has 1 saturated carbocycles. The van der Waals surface area contributed by atoms with Gasteiger partial charge in [0.1, 0.15) is 0 Å². The molecule has 1 aliphatic carbocycles. The summed E-state index contributed by atoms with van der Waals surface area (Å²) in [5.74, 6) is -0.0147. The Morgan fingerprint density at radius 1 is 1.31 bits per heavy atom. The predicted octanol–water partition coefficient (Wildman–Crippen LogP) is 1.51. The number of piperidine rings is 1. The molecule has 0 bridgehead atoms. The molecule has 0 radical (unpaired) electrons. The molecule has 2 aliphatic rings. The molecule has 16 heavy (non-hydrogen) atoms. The molecule has 1 saturated heterocycles. The Balaban J connectivity index is 1.77. The molecule has 0 aromatic carbocycles. The predicted molar refractivity (Wildman–Crippen MR) is 61.7 cm³/mol. The van der Waals surface area contributed by atoms with Crippen LogP contribution in [0.3, 0.4) is 0 Å². The third-order valence-corrected chi connectivity index (χ3v) is 3.74. The number of amides is 1. The van der Waals surface area contributed by atoms with Crippen molar-refractivity contribution in [1.29, 1.82) is 0 Å². The fourth-order valence-electron chi connectivity index (χ4n) is 2.51. The van der Waals surface area contributed by atoms with E-state index in [0.717, 1.165) is 38.6 Å². The number of hydrogen-bond acceptors (Lipinski definition) is 3. The quantitative estimate of drug-likeness (QED) is 0.717. The lowest BCUT2D eigenvalue weighted by atomic mass is 9.90. The lowest BCUT2D eigenvalue weighted by Crippen LogP contribution is -2.57. The number of nitrogens with one attached hydrogen (secondary N) is 2. The molecule has 1 aliphatic heterocycles. The molecule has 1 atom stereocenters. The normalized spacial score (nSPS) is 31.6. The molecular weight excluding hydrogens is 204 g/mol. The molecule has 0 aromatic rings. The van der Waals surface area contributed by atoms with E-state index in [2.05, 4.69) is 10.8 Å². The van der Waals surface area contributed by atoms with Crippen LogP contribution >= 0.6 is 0 Å². The zero-order chi connectivity index (χ0) is 11.4. The van der Waals surface area contributed by atoms with Crippen LogP contribution in [0.5, 0.6) is 0 Å². The van der Waals surface area contributed by atoms with Crippen molar-refractivity contribution in [2.24, 2.45) is 0 Å². The van der Waals surface area contributed by atoms with Gasteiger partial charge in [0.15, 0.2) is 0 Å². The first-order valence-electron chi connectivity index (χ1n) is 6.42. The maximum atomic E-state index is 12.0. The molecule has 1 amide bonds. The van der Waals surface area contributed by atoms with Crippen LogP contribution in [0, 0.1) is 0 Å². The van der Waals surface area contributed by atoms with Crippen LogP contribution in [0.15, 0.2) is 0 Å². The van der Waals surface area contributed by atoms with Crippen molar-refractivity contribution in [3.63, 3.8) is 0 Å². The molecule has 0 spiro atoms. The lowest BCUT2D eigenvalue weighted by molar-refractivity contribution is -0.145. The molecule has 0 aromatic heterocycles. The monoisotopic (exact) mass is 226 g/mol. The number of hydrogen-bond donors (Lipinski definition) is 2. The van der Waals surface area contributed by atoms with E-state index in [1.807, 2.05) is 6.92 Å². The van der Waals surface area contributed by atoms with Gasteiger partial charge >= 0.3 is 0 Å². The number of rotatable bonds is 3. The minimum atomic E-state index is -0.434. The van der Waals surface area contributed by atoms with E-state index in [4.69, 9.17) is 4.84 Å². The Labute approximate surface area is 97.1 Å². The first-order valence-corrected chi connectivity index (χ1v) is 6.42. The average Bonchev–Trinajstić information content (AvgIpc) is 2.79. The lowest BCUT2D eigenvalue weighted by Gasteiger charge is -2.33. The van der Waals surface area contributed by atoms with Crippen LogP contribution in [-0.2, 0) is 9.63 Å². The van der Waals surface area contributed by atoms with Gasteiger partial charge in [0.25, 0.3) is 5.91 Å². The van der Waals surface area contributed by atoms with Crippen molar-refractivity contribution in [3.8, 4) is 0 Å². The van der Waals surface area contributed by atoms with E-state index in [1.54, 1.807) is 0 Å². The highest BCUT2D eigenvalue weighted by molar-refractivity contribution is 5.85. The van der Waals surface area contributed by atoms with Crippen molar-refractivity contribution in [2.45, 2.75) is 63.5 Å². The highest BCUT2D eigenvalue weighted by Crippen LogP contribution is 2.21. The second kappa shape index (κ2) is 5.15. The Hall–Kier alpha value is -0.610. The Morgan fingerprint density at radius 2 is 2.06 bits per heavy atom. The standard InChI is InChI=1S/C12H22N2O2/c1-12(8-4-5-9-13-12)11(15)14-16-10-6-2-3-7-10/h10,13H,2-9H2,1H3,(H,14,15). The van der Waals surface area contributed by atoms with E-state index in [9.17, 15) is 4.79 Å². The molecule has 4 nitrogen and oxygen atoms in total. The third kappa shape index (κ3) is 2.74. The molecule has 2 fully saturated rings. The van der Waals surface area contributed by atoms with Gasteiger partial charge in [0, 0.05) is 0 Å². The van der Waals surface area contributed by atoms with Crippen LogP contribution in [0.25, 0.3) is 0 Å². The first kappa shape index (κ1) is 11.9. The maximum Gasteiger partial charge on any atom is 0.263 e. The molecule has 1 unspecified atom stereocenters. The van der Waals surface area contributed by atoms with Crippen LogP contribution in [0.2, 0.25) is 0 Å². The van der Waals surface area contributed by atoms with Crippen molar-refractivity contribution in [3.05, 3.63) is 0 Å². The van der Waals surface area contributed by atoms with E-state index in [0.29, 0.717) is 0 Å². The molecule has 2 N–H and O–H groups in total. The Morgan fingerprint density at radius 3 is 2.69 bits per heavy atom. The number of carbonyl (C=O) groups is 1. The molecule has 2 rings (SSSR count). The SMILES string of the molecule is CC1(C(=O)NOC2CCCC2)CCCCN1. The topological polar surface area (TPSA) is 50.4 Å². The summed E-state index contributed by atoms with van der Waals surface area (Å²) < 4.78 is 0. The fraction of sp³-hybridized carbons (Fsp3) is 0.917. The molecule has 92 valence electrons. The van der Waals surface area contributed by atoms with Gasteiger partial charge in [-0.3, -0.25) is 9.63 Å². The van der Waals surface area contributed by atoms with Crippen LogP contribution in [0.4, 0.5) is 0 Å². The molecule has 4 heteroatoms. The van der Waals surface area contributed by atoms with Gasteiger partial charge in [-0.1, -0.05) is 12.8 Å². The summed E-state index contributed by atoms with van der Waals surface area (Å²) in [4.78, 5) is 17.4. The van der Waals surface area contributed by atoms with Gasteiger partial charge in [-0.25, -0.2) is 5.48 Å². The summed E-state index contributed by atoms with van der Waals surface area (Å²) in [5.41, 5.74) is 2.20. The van der Waals surface area contributed by atoms with Crippen molar-refractivity contribution < 1.29 is 9.63 Å². The Bertz CT molecular complexity index is 243. The van der Waals surface area contributed by atoms with Crippen molar-refractivity contribution >= 4 is 5.91 Å². The van der Waals surface area contributed by atoms with Gasteiger partial charge in [-0.05, 0) is 45.6 Å². The van der Waals surface area contributed by atoms with Crippen LogP contribution in [-0.4, -0.2) is 24.1 Å². The van der Waals surface area contributed by atoms with Crippen LogP contribution in [0.1, 0.15) is 51.9 Å². The van der Waals surface area contributed by atoms with Crippen molar-refractivity contribution in [2.75, 3.05) is 6.54 Å². The molecular formula is C12H22N2O2. The third-order valence-electron chi connectivity index (χ3n) is 3.74. The van der Waals surface area contributed by atoms with Gasteiger partial charge in [-0.15, -0.1) is 0 Å². The first-order chi connectivity index (χ1) is 7.71. The van der Waals surface area contributed by atoms with E-state index < -0.39 is 5.54 Å².